The van der Waals surface area contributed by atoms with Gasteiger partial charge in [0.05, 0.1) is 11.8 Å². The highest BCUT2D eigenvalue weighted by Gasteiger charge is 2.48. The number of anilines is 1. The number of nitrogens with one attached hydrogen (secondary N) is 1. The number of benzene rings is 1. The zero-order valence-corrected chi connectivity index (χ0v) is 12.2. The van der Waals surface area contributed by atoms with E-state index in [2.05, 4.69) is 19.2 Å². The smallest absolute Gasteiger partial charge is 0.146 e. The number of hydrogen-bond donors (Lipinski definition) is 2. The lowest BCUT2D eigenvalue weighted by Gasteiger charge is -2.51. The molecule has 2 rings (SSSR count). The fourth-order valence-corrected chi connectivity index (χ4v) is 2.63. The first-order chi connectivity index (χ1) is 8.86. The zero-order chi connectivity index (χ0) is 14.2. The molecule has 5 heteroatoms. The SMILES string of the molecule is COC1CC(Nc2ccc(C(N)=S)cc2F)C1(C)C. The molecule has 0 amide bonds. The van der Waals surface area contributed by atoms with Crippen LogP contribution in [0.4, 0.5) is 10.1 Å². The van der Waals surface area contributed by atoms with Gasteiger partial charge in [-0.2, -0.15) is 0 Å². The molecule has 3 nitrogen and oxygen atoms in total. The van der Waals surface area contributed by atoms with Gasteiger partial charge in [-0.15, -0.1) is 0 Å². The molecule has 104 valence electrons. The lowest BCUT2D eigenvalue weighted by Crippen LogP contribution is -2.57. The first-order valence-corrected chi connectivity index (χ1v) is 6.65. The predicted molar refractivity (Wildman–Crippen MR) is 78.9 cm³/mol. The number of ether oxygens (including phenoxy) is 1. The Morgan fingerprint density at radius 3 is 2.68 bits per heavy atom. The van der Waals surface area contributed by atoms with Gasteiger partial charge in [0.1, 0.15) is 10.8 Å². The normalized spacial score (nSPS) is 24.6. The molecule has 0 aromatic heterocycles. The topological polar surface area (TPSA) is 47.3 Å². The van der Waals surface area contributed by atoms with E-state index in [-0.39, 0.29) is 28.4 Å². The third-order valence-corrected chi connectivity index (χ3v) is 4.28. The number of halogens is 1. The largest absolute Gasteiger partial charge is 0.389 e. The van der Waals surface area contributed by atoms with E-state index in [1.165, 1.54) is 6.07 Å². The van der Waals surface area contributed by atoms with Gasteiger partial charge in [0, 0.05) is 24.1 Å². The molecule has 0 heterocycles. The Balaban J connectivity index is 2.11. The van der Waals surface area contributed by atoms with Crippen LogP contribution in [-0.2, 0) is 4.74 Å². The molecule has 2 unspecified atom stereocenters. The number of methoxy groups -OCH3 is 1. The van der Waals surface area contributed by atoms with Crippen molar-refractivity contribution in [3.63, 3.8) is 0 Å². The van der Waals surface area contributed by atoms with Crippen LogP contribution in [0, 0.1) is 11.2 Å². The Bertz CT molecular complexity index is 504. The van der Waals surface area contributed by atoms with Crippen molar-refractivity contribution in [2.45, 2.75) is 32.4 Å². The summed E-state index contributed by atoms with van der Waals surface area (Å²) in [7, 11) is 1.71. The van der Waals surface area contributed by atoms with Gasteiger partial charge >= 0.3 is 0 Å². The maximum Gasteiger partial charge on any atom is 0.146 e. The molecular weight excluding hydrogens is 263 g/mol. The molecule has 0 spiro atoms. The van der Waals surface area contributed by atoms with Gasteiger partial charge in [0.25, 0.3) is 0 Å². The number of hydrogen-bond acceptors (Lipinski definition) is 3. The monoisotopic (exact) mass is 282 g/mol. The van der Waals surface area contributed by atoms with E-state index in [4.69, 9.17) is 22.7 Å². The fraction of sp³-hybridized carbons (Fsp3) is 0.500. The molecule has 19 heavy (non-hydrogen) atoms. The second kappa shape index (κ2) is 5.06. The summed E-state index contributed by atoms with van der Waals surface area (Å²) in [6, 6.07) is 4.97. The van der Waals surface area contributed by atoms with Crippen molar-refractivity contribution in [3.8, 4) is 0 Å². The van der Waals surface area contributed by atoms with E-state index in [0.717, 1.165) is 6.42 Å². The Kier molecular flexibility index (Phi) is 3.78. The van der Waals surface area contributed by atoms with Crippen LogP contribution in [0.5, 0.6) is 0 Å². The van der Waals surface area contributed by atoms with Gasteiger partial charge in [-0.3, -0.25) is 0 Å². The quantitative estimate of drug-likeness (QED) is 0.834. The highest BCUT2D eigenvalue weighted by atomic mass is 32.1. The molecule has 1 aromatic rings. The highest BCUT2D eigenvalue weighted by Crippen LogP contribution is 2.44. The maximum atomic E-state index is 14.0. The Morgan fingerprint density at radius 1 is 1.53 bits per heavy atom. The molecule has 1 aromatic carbocycles. The molecular formula is C14H19FN2OS. The van der Waals surface area contributed by atoms with Crippen LogP contribution < -0.4 is 11.1 Å². The summed E-state index contributed by atoms with van der Waals surface area (Å²) in [4.78, 5) is 0.203. The van der Waals surface area contributed by atoms with Gasteiger partial charge < -0.3 is 15.8 Å². The third-order valence-electron chi connectivity index (χ3n) is 4.05. The Labute approximate surface area is 118 Å². The summed E-state index contributed by atoms with van der Waals surface area (Å²) >= 11 is 4.83. The minimum Gasteiger partial charge on any atom is -0.389 e. The van der Waals surface area contributed by atoms with Crippen LogP contribution in [0.2, 0.25) is 0 Å². The highest BCUT2D eigenvalue weighted by molar-refractivity contribution is 7.80. The van der Waals surface area contributed by atoms with Crippen molar-refractivity contribution < 1.29 is 9.13 Å². The van der Waals surface area contributed by atoms with Gasteiger partial charge in [0.15, 0.2) is 0 Å². The summed E-state index contributed by atoms with van der Waals surface area (Å²) in [5.41, 5.74) is 6.49. The first-order valence-electron chi connectivity index (χ1n) is 6.25. The summed E-state index contributed by atoms with van der Waals surface area (Å²) < 4.78 is 19.3. The Hall–Kier alpha value is -1.20. The molecule has 1 saturated carbocycles. The summed E-state index contributed by atoms with van der Waals surface area (Å²) in [5.74, 6) is -0.332. The second-order valence-electron chi connectivity index (χ2n) is 5.54. The van der Waals surface area contributed by atoms with Crippen molar-refractivity contribution in [2.24, 2.45) is 11.1 Å². The molecule has 0 radical (unpaired) electrons. The lowest BCUT2D eigenvalue weighted by molar-refractivity contribution is -0.0795. The van der Waals surface area contributed by atoms with E-state index in [9.17, 15) is 4.39 Å². The van der Waals surface area contributed by atoms with Crippen molar-refractivity contribution in [2.75, 3.05) is 12.4 Å². The van der Waals surface area contributed by atoms with E-state index in [0.29, 0.717) is 11.3 Å². The Morgan fingerprint density at radius 2 is 2.21 bits per heavy atom. The summed E-state index contributed by atoms with van der Waals surface area (Å²) in [5, 5.41) is 3.23. The summed E-state index contributed by atoms with van der Waals surface area (Å²) in [6.07, 6.45) is 1.09. The van der Waals surface area contributed by atoms with Crippen molar-refractivity contribution in [1.29, 1.82) is 0 Å². The minimum absolute atomic E-state index is 0.0109. The van der Waals surface area contributed by atoms with Gasteiger partial charge in [-0.05, 0) is 24.6 Å². The number of thiocarbonyl (C=S) groups is 1. The van der Waals surface area contributed by atoms with Crippen molar-refractivity contribution >= 4 is 22.9 Å². The van der Waals surface area contributed by atoms with Crippen molar-refractivity contribution in [3.05, 3.63) is 29.6 Å². The van der Waals surface area contributed by atoms with Gasteiger partial charge in [-0.1, -0.05) is 26.1 Å². The fourth-order valence-electron chi connectivity index (χ4n) is 2.50. The van der Waals surface area contributed by atoms with E-state index < -0.39 is 0 Å². The number of nitrogens with two attached hydrogens (primary N) is 1. The zero-order valence-electron chi connectivity index (χ0n) is 11.4. The van der Waals surface area contributed by atoms with Crippen LogP contribution in [0.15, 0.2) is 18.2 Å². The predicted octanol–water partition coefficient (Wildman–Crippen LogP) is 2.69. The van der Waals surface area contributed by atoms with Crippen LogP contribution in [-0.4, -0.2) is 24.2 Å². The van der Waals surface area contributed by atoms with Crippen LogP contribution in [0.3, 0.4) is 0 Å². The van der Waals surface area contributed by atoms with Crippen LogP contribution >= 0.6 is 12.2 Å². The molecule has 1 aliphatic rings. The summed E-state index contributed by atoms with van der Waals surface area (Å²) in [6.45, 7) is 4.23. The molecule has 2 atom stereocenters. The number of rotatable bonds is 4. The minimum atomic E-state index is -0.332. The third kappa shape index (κ3) is 2.58. The lowest BCUT2D eigenvalue weighted by atomic mass is 9.64. The first kappa shape index (κ1) is 14.2. The van der Waals surface area contributed by atoms with Crippen LogP contribution in [0.25, 0.3) is 0 Å². The molecule has 0 saturated heterocycles. The van der Waals surface area contributed by atoms with Crippen molar-refractivity contribution in [1.82, 2.24) is 0 Å². The molecule has 3 N–H and O–H groups in total. The van der Waals surface area contributed by atoms with Gasteiger partial charge in [-0.25, -0.2) is 4.39 Å². The van der Waals surface area contributed by atoms with E-state index >= 15 is 0 Å². The molecule has 1 aliphatic carbocycles. The second-order valence-corrected chi connectivity index (χ2v) is 5.98. The van der Waals surface area contributed by atoms with Crippen LogP contribution in [0.1, 0.15) is 25.8 Å². The standard InChI is InChI=1S/C14H19FN2OS/c1-14(2)11(7-12(14)18-3)17-10-5-4-8(13(16)19)6-9(10)15/h4-6,11-12,17H,7H2,1-3H3,(H2,16,19). The van der Waals surface area contributed by atoms with E-state index in [1.807, 2.05) is 0 Å². The average molecular weight is 282 g/mol. The molecule has 1 fully saturated rings. The average Bonchev–Trinajstić information content (AvgIpc) is 2.35. The molecule has 0 aliphatic heterocycles. The van der Waals surface area contributed by atoms with E-state index in [1.54, 1.807) is 19.2 Å². The molecule has 0 bridgehead atoms. The van der Waals surface area contributed by atoms with Gasteiger partial charge in [0.2, 0.25) is 0 Å². The maximum absolute atomic E-state index is 14.0.